The van der Waals surface area contributed by atoms with Crippen molar-refractivity contribution in [2.24, 2.45) is 0 Å². The van der Waals surface area contributed by atoms with Crippen molar-refractivity contribution in [1.82, 2.24) is 4.72 Å². The van der Waals surface area contributed by atoms with E-state index in [1.54, 1.807) is 26.0 Å². The van der Waals surface area contributed by atoms with Crippen molar-refractivity contribution in [1.29, 1.82) is 0 Å². The summed E-state index contributed by atoms with van der Waals surface area (Å²) in [5, 5.41) is 2.51. The van der Waals surface area contributed by atoms with E-state index in [1.807, 2.05) is 0 Å². The van der Waals surface area contributed by atoms with E-state index in [-0.39, 0.29) is 22.6 Å². The van der Waals surface area contributed by atoms with Gasteiger partial charge in [0.1, 0.15) is 0 Å². The molecule has 2 N–H and O–H groups in total. The van der Waals surface area contributed by atoms with E-state index < -0.39 is 34.5 Å². The second-order valence-corrected chi connectivity index (χ2v) is 7.94. The number of esters is 2. The number of carbonyl (C=O) groups excluding carboxylic acids is 3. The Morgan fingerprint density at radius 3 is 2.43 bits per heavy atom. The minimum atomic E-state index is -3.74. The molecule has 0 saturated carbocycles. The molecule has 0 unspecified atom stereocenters. The van der Waals surface area contributed by atoms with E-state index in [9.17, 15) is 22.8 Å². The van der Waals surface area contributed by atoms with Gasteiger partial charge in [-0.3, -0.25) is 4.79 Å². The average Bonchev–Trinajstić information content (AvgIpc) is 2.71. The van der Waals surface area contributed by atoms with Gasteiger partial charge in [0.15, 0.2) is 6.61 Å². The van der Waals surface area contributed by atoms with Crippen LogP contribution >= 0.6 is 0 Å². The summed E-state index contributed by atoms with van der Waals surface area (Å²) in [6.45, 7) is 2.87. The van der Waals surface area contributed by atoms with E-state index in [4.69, 9.17) is 4.74 Å². The van der Waals surface area contributed by atoms with Gasteiger partial charge in [-0.1, -0.05) is 19.1 Å². The van der Waals surface area contributed by atoms with Crippen molar-refractivity contribution in [2.45, 2.75) is 18.7 Å². The monoisotopic (exact) mass is 434 g/mol. The van der Waals surface area contributed by atoms with Crippen LogP contribution < -0.4 is 10.0 Å². The molecule has 0 fully saturated rings. The highest BCUT2D eigenvalue weighted by Crippen LogP contribution is 2.17. The quantitative estimate of drug-likeness (QED) is 0.607. The summed E-state index contributed by atoms with van der Waals surface area (Å²) in [4.78, 5) is 35.9. The molecule has 0 aromatic heterocycles. The summed E-state index contributed by atoms with van der Waals surface area (Å²) in [7, 11) is -2.50. The first-order valence-corrected chi connectivity index (χ1v) is 10.4. The normalized spacial score (nSPS) is 10.9. The molecule has 2 aromatic rings. The Morgan fingerprint density at radius 2 is 1.77 bits per heavy atom. The van der Waals surface area contributed by atoms with Gasteiger partial charge in [0, 0.05) is 12.2 Å². The highest BCUT2D eigenvalue weighted by atomic mass is 32.2. The fourth-order valence-corrected chi connectivity index (χ4v) is 3.58. The topological polar surface area (TPSA) is 128 Å². The number of benzene rings is 2. The van der Waals surface area contributed by atoms with Crippen LogP contribution in [0.5, 0.6) is 0 Å². The number of sulfonamides is 1. The molecule has 0 aliphatic carbocycles. The standard InChI is InChI=1S/C20H22N2O7S/c1-4-21-30(26,27)16-9-8-13(2)17(11-16)20(25)29-12-18(23)22-15-7-5-6-14(10-15)19(24)28-3/h5-11,21H,4,12H2,1-3H3,(H,22,23). The molecule has 0 atom stereocenters. The summed E-state index contributed by atoms with van der Waals surface area (Å²) in [5.41, 5.74) is 1.12. The van der Waals surface area contributed by atoms with Crippen molar-refractivity contribution < 1.29 is 32.3 Å². The first kappa shape index (κ1) is 23.0. The SMILES string of the molecule is CCNS(=O)(=O)c1ccc(C)c(C(=O)OCC(=O)Nc2cccc(C(=O)OC)c2)c1. The van der Waals surface area contributed by atoms with Gasteiger partial charge < -0.3 is 14.8 Å². The summed E-state index contributed by atoms with van der Waals surface area (Å²) in [6, 6.07) is 10.1. The van der Waals surface area contributed by atoms with Crippen molar-refractivity contribution in [3.8, 4) is 0 Å². The lowest BCUT2D eigenvalue weighted by Gasteiger charge is -2.11. The molecule has 0 saturated heterocycles. The van der Waals surface area contributed by atoms with Gasteiger partial charge in [-0.05, 0) is 42.8 Å². The van der Waals surface area contributed by atoms with Gasteiger partial charge in [0.2, 0.25) is 10.0 Å². The summed E-state index contributed by atoms with van der Waals surface area (Å²) < 4.78 is 36.2. The second-order valence-electron chi connectivity index (χ2n) is 6.17. The number of anilines is 1. The molecule has 0 heterocycles. The molecule has 9 nitrogen and oxygen atoms in total. The fourth-order valence-electron chi connectivity index (χ4n) is 2.51. The minimum Gasteiger partial charge on any atom is -0.465 e. The molecule has 0 aliphatic rings. The molecule has 1 amide bonds. The first-order valence-electron chi connectivity index (χ1n) is 8.93. The van der Waals surface area contributed by atoms with Crippen molar-refractivity contribution >= 4 is 33.6 Å². The average molecular weight is 434 g/mol. The van der Waals surface area contributed by atoms with Crippen LogP contribution in [0.1, 0.15) is 33.2 Å². The highest BCUT2D eigenvalue weighted by Gasteiger charge is 2.19. The van der Waals surface area contributed by atoms with Crippen LogP contribution in [0.15, 0.2) is 47.4 Å². The van der Waals surface area contributed by atoms with Crippen LogP contribution in [-0.4, -0.2) is 46.5 Å². The summed E-state index contributed by atoms with van der Waals surface area (Å²) >= 11 is 0. The molecule has 0 radical (unpaired) electrons. The van der Waals surface area contributed by atoms with Crippen molar-refractivity contribution in [3.05, 3.63) is 59.2 Å². The smallest absolute Gasteiger partial charge is 0.338 e. The number of rotatable bonds is 8. The van der Waals surface area contributed by atoms with Gasteiger partial charge in [-0.25, -0.2) is 22.7 Å². The van der Waals surface area contributed by atoms with E-state index in [0.717, 1.165) is 0 Å². The molecular weight excluding hydrogens is 412 g/mol. The number of carbonyl (C=O) groups is 3. The van der Waals surface area contributed by atoms with Gasteiger partial charge in [-0.15, -0.1) is 0 Å². The molecule has 0 spiro atoms. The maximum Gasteiger partial charge on any atom is 0.338 e. The molecule has 0 bridgehead atoms. The van der Waals surface area contributed by atoms with E-state index in [1.165, 1.54) is 37.4 Å². The molecule has 10 heteroatoms. The number of aryl methyl sites for hydroxylation is 1. The van der Waals surface area contributed by atoms with Crippen molar-refractivity contribution in [3.63, 3.8) is 0 Å². The molecular formula is C20H22N2O7S. The van der Waals surface area contributed by atoms with Crippen LogP contribution in [0.4, 0.5) is 5.69 Å². The summed E-state index contributed by atoms with van der Waals surface area (Å²) in [6.07, 6.45) is 0. The Morgan fingerprint density at radius 1 is 1.03 bits per heavy atom. The van der Waals surface area contributed by atoms with Gasteiger partial charge in [0.05, 0.1) is 23.1 Å². The van der Waals surface area contributed by atoms with Crippen LogP contribution in [0.25, 0.3) is 0 Å². The third-order valence-electron chi connectivity index (χ3n) is 3.98. The van der Waals surface area contributed by atoms with E-state index in [2.05, 4.69) is 14.8 Å². The van der Waals surface area contributed by atoms with Crippen LogP contribution in [0, 0.1) is 6.92 Å². The second kappa shape index (κ2) is 9.99. The van der Waals surface area contributed by atoms with Crippen LogP contribution in [-0.2, 0) is 24.3 Å². The molecule has 2 aromatic carbocycles. The predicted molar refractivity (Wildman–Crippen MR) is 109 cm³/mol. The third kappa shape index (κ3) is 5.88. The number of amides is 1. The predicted octanol–water partition coefficient (Wildman–Crippen LogP) is 1.88. The van der Waals surface area contributed by atoms with Gasteiger partial charge >= 0.3 is 11.9 Å². The minimum absolute atomic E-state index is 0.0365. The Bertz CT molecular complexity index is 1060. The lowest BCUT2D eigenvalue weighted by molar-refractivity contribution is -0.119. The zero-order chi connectivity index (χ0) is 22.3. The number of ether oxygens (including phenoxy) is 2. The van der Waals surface area contributed by atoms with Crippen LogP contribution in [0.2, 0.25) is 0 Å². The largest absolute Gasteiger partial charge is 0.465 e. The zero-order valence-electron chi connectivity index (χ0n) is 16.7. The fraction of sp³-hybridized carbons (Fsp3) is 0.250. The molecule has 30 heavy (non-hydrogen) atoms. The number of nitrogens with one attached hydrogen (secondary N) is 2. The Labute approximate surface area is 174 Å². The lowest BCUT2D eigenvalue weighted by atomic mass is 10.1. The highest BCUT2D eigenvalue weighted by molar-refractivity contribution is 7.89. The Balaban J connectivity index is 2.05. The lowest BCUT2D eigenvalue weighted by Crippen LogP contribution is -2.24. The van der Waals surface area contributed by atoms with E-state index >= 15 is 0 Å². The van der Waals surface area contributed by atoms with Crippen LogP contribution in [0.3, 0.4) is 0 Å². The van der Waals surface area contributed by atoms with Gasteiger partial charge in [-0.2, -0.15) is 0 Å². The Hall–Kier alpha value is -3.24. The molecule has 2 rings (SSSR count). The molecule has 0 aliphatic heterocycles. The number of hydrogen-bond donors (Lipinski definition) is 2. The maximum absolute atomic E-state index is 12.4. The first-order chi connectivity index (χ1) is 14.2. The third-order valence-corrected chi connectivity index (χ3v) is 5.52. The maximum atomic E-state index is 12.4. The molecule has 160 valence electrons. The van der Waals surface area contributed by atoms with E-state index in [0.29, 0.717) is 11.3 Å². The zero-order valence-corrected chi connectivity index (χ0v) is 17.5. The number of hydrogen-bond acceptors (Lipinski definition) is 7. The summed E-state index contributed by atoms with van der Waals surface area (Å²) in [5.74, 6) is -2.01. The van der Waals surface area contributed by atoms with Gasteiger partial charge in [0.25, 0.3) is 5.91 Å². The number of methoxy groups -OCH3 is 1. The Kier molecular flexibility index (Phi) is 7.67. The van der Waals surface area contributed by atoms with Crippen molar-refractivity contribution in [2.75, 3.05) is 25.6 Å².